The van der Waals surface area contributed by atoms with Gasteiger partial charge in [0.05, 0.1) is 0 Å². The minimum atomic E-state index is -3.84. The van der Waals surface area contributed by atoms with Crippen LogP contribution in [0.15, 0.2) is 152 Å². The maximum atomic E-state index is 18.1. The molecule has 8 aromatic carbocycles. The highest BCUT2D eigenvalue weighted by Gasteiger charge is 2.43. The van der Waals surface area contributed by atoms with Gasteiger partial charge in [-0.15, -0.1) is 0 Å². The van der Waals surface area contributed by atoms with Crippen molar-refractivity contribution in [1.29, 1.82) is 0 Å². The van der Waals surface area contributed by atoms with E-state index in [4.69, 9.17) is 46.4 Å². The van der Waals surface area contributed by atoms with E-state index in [0.717, 1.165) is 71.2 Å². The topological polar surface area (TPSA) is 17.1 Å². The fourth-order valence-electron chi connectivity index (χ4n) is 9.18. The van der Waals surface area contributed by atoms with E-state index in [1.54, 1.807) is 0 Å². The Labute approximate surface area is 346 Å². The highest BCUT2D eigenvalue weighted by atomic mass is 35.5. The Hall–Kier alpha value is -4.59. The lowest BCUT2D eigenvalue weighted by Crippen LogP contribution is -2.34. The summed E-state index contributed by atoms with van der Waals surface area (Å²) in [5, 5.41) is 6.84. The average Bonchev–Trinajstić information content (AvgIpc) is 3.78. The summed E-state index contributed by atoms with van der Waals surface area (Å²) < 4.78 is 18.1. The second-order valence-electron chi connectivity index (χ2n) is 14.7. The quantitative estimate of drug-likeness (QED) is 0.146. The van der Waals surface area contributed by atoms with E-state index < -0.39 is 7.14 Å². The highest BCUT2D eigenvalue weighted by molar-refractivity contribution is 7.86. The van der Waals surface area contributed by atoms with Crippen molar-refractivity contribution in [2.75, 3.05) is 0 Å². The molecule has 272 valence electrons. The first-order valence-electron chi connectivity index (χ1n) is 18.7. The molecular weight excluding hydrogens is 789 g/mol. The number of halogens is 4. The monoisotopic (exact) mass is 820 g/mol. The zero-order chi connectivity index (χ0) is 38.1. The summed E-state index contributed by atoms with van der Waals surface area (Å²) in [6.45, 7) is 0. The molecular formula is C50H33Cl4OP. The molecule has 0 fully saturated rings. The normalized spacial score (nSPS) is 12.7. The van der Waals surface area contributed by atoms with Crippen LogP contribution in [0.4, 0.5) is 0 Å². The molecule has 0 aliphatic heterocycles. The van der Waals surface area contributed by atoms with Gasteiger partial charge in [0.1, 0.15) is 0 Å². The molecule has 0 saturated carbocycles. The number of benzene rings is 8. The Morgan fingerprint density at radius 2 is 0.857 bits per heavy atom. The summed E-state index contributed by atoms with van der Waals surface area (Å²) in [6, 6.07) is 51.6. The molecule has 0 aromatic heterocycles. The first-order chi connectivity index (χ1) is 27.3. The molecule has 10 rings (SSSR count). The van der Waals surface area contributed by atoms with Crippen LogP contribution in [-0.4, -0.2) is 0 Å². The SMILES string of the molecule is O=P(c1c(Cc2c(Cl)cccc2Cl)ccc2c1Cc1ccccc1-2)(c1c(Cc2c(Cl)cccc2Cl)ccc2c1Cc1ccccc1-2)c1cccc2ccccc12. The smallest absolute Gasteiger partial charge is 0.172 e. The molecule has 0 bridgehead atoms. The van der Waals surface area contributed by atoms with E-state index in [1.165, 1.54) is 22.3 Å². The second kappa shape index (κ2) is 14.1. The lowest BCUT2D eigenvalue weighted by molar-refractivity contribution is 0.592. The molecule has 0 unspecified atom stereocenters. The van der Waals surface area contributed by atoms with Gasteiger partial charge < -0.3 is 4.57 Å². The Morgan fingerprint density at radius 1 is 0.429 bits per heavy atom. The van der Waals surface area contributed by atoms with Crippen LogP contribution in [0.2, 0.25) is 20.1 Å². The lowest BCUT2D eigenvalue weighted by atomic mass is 9.98. The maximum absolute atomic E-state index is 18.1. The predicted molar refractivity (Wildman–Crippen MR) is 238 cm³/mol. The van der Waals surface area contributed by atoms with Gasteiger partial charge >= 0.3 is 0 Å². The van der Waals surface area contributed by atoms with Crippen molar-refractivity contribution in [3.63, 3.8) is 0 Å². The van der Waals surface area contributed by atoms with Crippen LogP contribution in [0.1, 0.15) is 44.5 Å². The van der Waals surface area contributed by atoms with Crippen molar-refractivity contribution < 1.29 is 4.57 Å². The van der Waals surface area contributed by atoms with Gasteiger partial charge in [-0.25, -0.2) is 0 Å². The largest absolute Gasteiger partial charge is 0.309 e. The van der Waals surface area contributed by atoms with E-state index in [9.17, 15) is 0 Å². The Balaban J connectivity index is 1.37. The molecule has 0 heterocycles. The molecule has 56 heavy (non-hydrogen) atoms. The molecule has 0 saturated heterocycles. The van der Waals surface area contributed by atoms with Gasteiger partial charge in [-0.1, -0.05) is 174 Å². The molecule has 0 radical (unpaired) electrons. The summed E-state index contributed by atoms with van der Waals surface area (Å²) >= 11 is 27.8. The van der Waals surface area contributed by atoms with Crippen molar-refractivity contribution in [2.24, 2.45) is 0 Å². The van der Waals surface area contributed by atoms with Crippen molar-refractivity contribution in [1.82, 2.24) is 0 Å². The zero-order valence-corrected chi connectivity index (χ0v) is 34.0. The standard InChI is InChI=1S/C50H33Cl4OP/c51-44-17-8-18-45(52)42(44)28-33-22-24-38-35-14-4-2-11-31(35)26-40(38)49(33)56(55,48-21-7-13-30-10-1-6-16-37(30)48)50-34(29-43-46(53)19-9-20-47(43)54)23-25-39-36-15-5-3-12-32(36)27-41(39)50/h1-25H,26-29H2. The van der Waals surface area contributed by atoms with Gasteiger partial charge in [0.25, 0.3) is 0 Å². The summed E-state index contributed by atoms with van der Waals surface area (Å²) in [7, 11) is -3.84. The summed E-state index contributed by atoms with van der Waals surface area (Å²) in [5.74, 6) is 0. The van der Waals surface area contributed by atoms with Gasteiger partial charge in [0, 0.05) is 48.8 Å². The van der Waals surface area contributed by atoms with Crippen LogP contribution in [0.3, 0.4) is 0 Å². The molecule has 0 amide bonds. The maximum Gasteiger partial charge on any atom is 0.172 e. The summed E-state index contributed by atoms with van der Waals surface area (Å²) in [6.07, 6.45) is 2.13. The van der Waals surface area contributed by atoms with Gasteiger partial charge in [-0.05, 0) is 115 Å². The first-order valence-corrected chi connectivity index (χ1v) is 21.9. The fraction of sp³-hybridized carbons (Fsp3) is 0.0800. The van der Waals surface area contributed by atoms with Crippen LogP contribution in [-0.2, 0) is 30.2 Å². The minimum Gasteiger partial charge on any atom is -0.309 e. The Kier molecular flexibility index (Phi) is 9.02. The number of hydrogen-bond donors (Lipinski definition) is 0. The van der Waals surface area contributed by atoms with E-state index in [0.29, 0.717) is 45.8 Å². The van der Waals surface area contributed by atoms with Crippen LogP contribution in [0, 0.1) is 0 Å². The average molecular weight is 823 g/mol. The van der Waals surface area contributed by atoms with Crippen molar-refractivity contribution >= 4 is 80.2 Å². The molecule has 8 aromatic rings. The molecule has 1 nitrogen and oxygen atoms in total. The van der Waals surface area contributed by atoms with E-state index in [1.807, 2.05) is 48.5 Å². The van der Waals surface area contributed by atoms with Crippen LogP contribution < -0.4 is 15.9 Å². The third kappa shape index (κ3) is 5.71. The minimum absolute atomic E-state index is 0.410. The predicted octanol–water partition coefficient (Wildman–Crippen LogP) is 13.4. The molecule has 2 aliphatic rings. The summed E-state index contributed by atoms with van der Waals surface area (Å²) in [5.41, 5.74) is 12.7. The Morgan fingerprint density at radius 3 is 1.38 bits per heavy atom. The van der Waals surface area contributed by atoms with Gasteiger partial charge in [-0.3, -0.25) is 0 Å². The van der Waals surface area contributed by atoms with Crippen molar-refractivity contribution in [3.8, 4) is 22.3 Å². The molecule has 2 aliphatic carbocycles. The van der Waals surface area contributed by atoms with E-state index in [-0.39, 0.29) is 0 Å². The molecule has 6 heteroatoms. The summed E-state index contributed by atoms with van der Waals surface area (Å²) in [4.78, 5) is 0. The van der Waals surface area contributed by atoms with Gasteiger partial charge in [-0.2, -0.15) is 0 Å². The van der Waals surface area contributed by atoms with Crippen molar-refractivity contribution in [2.45, 2.75) is 25.7 Å². The Bertz CT molecular complexity index is 2760. The van der Waals surface area contributed by atoms with Crippen LogP contribution in [0.25, 0.3) is 33.0 Å². The molecule has 0 N–H and O–H groups in total. The fourth-order valence-corrected chi connectivity index (χ4v) is 14.1. The zero-order valence-electron chi connectivity index (χ0n) is 30.1. The number of hydrogen-bond acceptors (Lipinski definition) is 1. The molecule has 0 spiro atoms. The van der Waals surface area contributed by atoms with Gasteiger partial charge in [0.15, 0.2) is 7.14 Å². The highest BCUT2D eigenvalue weighted by Crippen LogP contribution is 2.54. The van der Waals surface area contributed by atoms with E-state index >= 15 is 4.57 Å². The third-order valence-corrected chi connectivity index (χ3v) is 16.5. The second-order valence-corrected chi connectivity index (χ2v) is 19.0. The van der Waals surface area contributed by atoms with Crippen LogP contribution in [0.5, 0.6) is 0 Å². The third-order valence-electron chi connectivity index (χ3n) is 11.7. The first kappa shape index (κ1) is 35.8. The van der Waals surface area contributed by atoms with Crippen LogP contribution >= 0.6 is 53.5 Å². The lowest BCUT2D eigenvalue weighted by Gasteiger charge is -2.31. The van der Waals surface area contributed by atoms with E-state index in [2.05, 4.69) is 103 Å². The number of fused-ring (bicyclic) bond motifs is 7. The van der Waals surface area contributed by atoms with Gasteiger partial charge in [0.2, 0.25) is 0 Å². The van der Waals surface area contributed by atoms with Crippen molar-refractivity contribution in [3.05, 3.63) is 216 Å². The number of rotatable bonds is 7. The molecule has 0 atom stereocenters.